The molecule has 0 saturated heterocycles. The third-order valence-electron chi connectivity index (χ3n) is 1.52. The van der Waals surface area contributed by atoms with Crippen molar-refractivity contribution in [3.05, 3.63) is 11.5 Å². The van der Waals surface area contributed by atoms with Crippen LogP contribution in [0.1, 0.15) is 16.3 Å². The largest absolute Gasteiger partial charge is 0.493 e. The summed E-state index contributed by atoms with van der Waals surface area (Å²) in [6.07, 6.45) is -4.87. The molecule has 0 bridgehead atoms. The monoisotopic (exact) mass is 210 g/mol. The van der Waals surface area contributed by atoms with Crippen LogP contribution < -0.4 is 0 Å². The fourth-order valence-electron chi connectivity index (χ4n) is 0.872. The Morgan fingerprint density at radius 3 is 2.21 bits per heavy atom. The second-order valence-corrected chi connectivity index (χ2v) is 2.47. The Labute approximate surface area is 75.4 Å². The van der Waals surface area contributed by atoms with Crippen molar-refractivity contribution >= 4 is 5.97 Å². The van der Waals surface area contributed by atoms with Gasteiger partial charge in [0.1, 0.15) is 0 Å². The first-order valence-electron chi connectivity index (χ1n) is 3.31. The zero-order chi connectivity index (χ0) is 11.1. The summed E-state index contributed by atoms with van der Waals surface area (Å²) < 4.78 is 36.7. The Morgan fingerprint density at radius 1 is 1.50 bits per heavy atom. The predicted molar refractivity (Wildman–Crippen MR) is 36.8 cm³/mol. The van der Waals surface area contributed by atoms with Gasteiger partial charge in [0.2, 0.25) is 17.4 Å². The van der Waals surface area contributed by atoms with Crippen molar-refractivity contribution in [3.8, 4) is 5.88 Å². The van der Waals surface area contributed by atoms with E-state index >= 15 is 0 Å². The van der Waals surface area contributed by atoms with Gasteiger partial charge in [-0.3, -0.25) is 4.57 Å². The fraction of sp³-hybridized carbons (Fsp3) is 0.333. The van der Waals surface area contributed by atoms with Gasteiger partial charge in [-0.05, 0) is 0 Å². The molecule has 2 N–H and O–H groups in total. The number of aromatic carboxylic acids is 1. The van der Waals surface area contributed by atoms with Crippen molar-refractivity contribution in [2.45, 2.75) is 6.18 Å². The van der Waals surface area contributed by atoms with Gasteiger partial charge in [-0.1, -0.05) is 0 Å². The highest BCUT2D eigenvalue weighted by Crippen LogP contribution is 2.34. The number of carbonyl (C=O) groups is 1. The summed E-state index contributed by atoms with van der Waals surface area (Å²) in [5.74, 6) is -3.72. The van der Waals surface area contributed by atoms with E-state index in [1.165, 1.54) is 0 Å². The maximum absolute atomic E-state index is 12.1. The fourth-order valence-corrected chi connectivity index (χ4v) is 0.872. The van der Waals surface area contributed by atoms with Crippen LogP contribution in [0.3, 0.4) is 0 Å². The molecule has 1 rings (SSSR count). The van der Waals surface area contributed by atoms with E-state index in [2.05, 4.69) is 4.98 Å². The highest BCUT2D eigenvalue weighted by molar-refractivity contribution is 5.84. The molecular formula is C6H5F3N2O3. The topological polar surface area (TPSA) is 75.4 Å². The van der Waals surface area contributed by atoms with Gasteiger partial charge >= 0.3 is 12.1 Å². The SMILES string of the molecule is Cn1c(C(=O)O)nc(C(F)(F)F)c1O. The number of rotatable bonds is 1. The number of alkyl halides is 3. The summed E-state index contributed by atoms with van der Waals surface area (Å²) in [6.45, 7) is 0. The second kappa shape index (κ2) is 2.89. The van der Waals surface area contributed by atoms with E-state index in [1.807, 2.05) is 0 Å². The van der Waals surface area contributed by atoms with Crippen LogP contribution in [0.25, 0.3) is 0 Å². The lowest BCUT2D eigenvalue weighted by Gasteiger charge is -2.01. The Morgan fingerprint density at radius 2 is 2.00 bits per heavy atom. The van der Waals surface area contributed by atoms with Crippen LogP contribution in [0, 0.1) is 0 Å². The lowest BCUT2D eigenvalue weighted by atomic mass is 10.4. The first-order chi connectivity index (χ1) is 6.25. The van der Waals surface area contributed by atoms with Crippen LogP contribution in [-0.2, 0) is 13.2 Å². The molecule has 0 spiro atoms. The van der Waals surface area contributed by atoms with Crippen LogP contribution in [0.5, 0.6) is 5.88 Å². The van der Waals surface area contributed by atoms with Crippen LogP contribution >= 0.6 is 0 Å². The van der Waals surface area contributed by atoms with E-state index in [4.69, 9.17) is 10.2 Å². The summed E-state index contributed by atoms with van der Waals surface area (Å²) in [5, 5.41) is 17.3. The van der Waals surface area contributed by atoms with E-state index in [0.29, 0.717) is 4.57 Å². The molecule has 0 aliphatic rings. The molecule has 14 heavy (non-hydrogen) atoms. The highest BCUT2D eigenvalue weighted by atomic mass is 19.4. The Hall–Kier alpha value is -1.73. The van der Waals surface area contributed by atoms with E-state index < -0.39 is 29.5 Å². The van der Waals surface area contributed by atoms with Gasteiger partial charge in [0.25, 0.3) is 0 Å². The number of carboxylic acids is 1. The number of imidazole rings is 1. The quantitative estimate of drug-likeness (QED) is 0.720. The minimum atomic E-state index is -4.87. The standard InChI is InChI=1S/C6H5F3N2O3/c1-11-3(5(13)14)10-2(4(11)12)6(7,8)9/h12H,1H3,(H,13,14). The maximum atomic E-state index is 12.1. The summed E-state index contributed by atoms with van der Waals surface area (Å²) >= 11 is 0. The van der Waals surface area contributed by atoms with Crippen molar-refractivity contribution in [3.63, 3.8) is 0 Å². The molecule has 0 radical (unpaired) electrons. The predicted octanol–water partition coefficient (Wildman–Crippen LogP) is 0.843. The van der Waals surface area contributed by atoms with Crippen molar-refractivity contribution in [2.24, 2.45) is 7.05 Å². The Kier molecular flexibility index (Phi) is 2.14. The third-order valence-corrected chi connectivity index (χ3v) is 1.52. The minimum absolute atomic E-state index is 0.450. The van der Waals surface area contributed by atoms with Crippen LogP contribution in [0.4, 0.5) is 13.2 Å². The molecule has 1 aromatic heterocycles. The summed E-state index contributed by atoms with van der Waals surface area (Å²) in [7, 11) is 0.973. The number of halogens is 3. The number of carboxylic acid groups (broad SMARTS) is 1. The van der Waals surface area contributed by atoms with E-state index in [1.54, 1.807) is 0 Å². The van der Waals surface area contributed by atoms with Crippen molar-refractivity contribution < 1.29 is 28.2 Å². The molecule has 0 fully saturated rings. The molecule has 0 aliphatic heterocycles. The van der Waals surface area contributed by atoms with E-state index in [0.717, 1.165) is 7.05 Å². The van der Waals surface area contributed by atoms with Gasteiger partial charge < -0.3 is 10.2 Å². The summed E-state index contributed by atoms with van der Waals surface area (Å²) in [4.78, 5) is 13.1. The molecule has 1 aromatic rings. The number of hydrogen-bond donors (Lipinski definition) is 2. The Bertz CT molecular complexity index is 382. The van der Waals surface area contributed by atoms with Gasteiger partial charge in [0.05, 0.1) is 0 Å². The molecule has 5 nitrogen and oxygen atoms in total. The normalized spacial score (nSPS) is 11.7. The van der Waals surface area contributed by atoms with Gasteiger partial charge in [-0.15, -0.1) is 0 Å². The van der Waals surface area contributed by atoms with Crippen molar-refractivity contribution in [2.75, 3.05) is 0 Å². The van der Waals surface area contributed by atoms with Gasteiger partial charge in [-0.2, -0.15) is 13.2 Å². The van der Waals surface area contributed by atoms with Crippen molar-refractivity contribution in [1.82, 2.24) is 9.55 Å². The third kappa shape index (κ3) is 1.50. The highest BCUT2D eigenvalue weighted by Gasteiger charge is 2.39. The van der Waals surface area contributed by atoms with Gasteiger partial charge in [0, 0.05) is 7.05 Å². The average molecular weight is 210 g/mol. The van der Waals surface area contributed by atoms with Crippen molar-refractivity contribution in [1.29, 1.82) is 0 Å². The summed E-state index contributed by atoms with van der Waals surface area (Å²) in [5.41, 5.74) is -1.60. The van der Waals surface area contributed by atoms with E-state index in [-0.39, 0.29) is 0 Å². The maximum Gasteiger partial charge on any atom is 0.438 e. The average Bonchev–Trinajstić information content (AvgIpc) is 2.28. The first-order valence-corrected chi connectivity index (χ1v) is 3.31. The van der Waals surface area contributed by atoms with E-state index in [9.17, 15) is 18.0 Å². The number of nitrogens with zero attached hydrogens (tertiary/aromatic N) is 2. The smallest absolute Gasteiger partial charge is 0.438 e. The second-order valence-electron chi connectivity index (χ2n) is 2.47. The molecule has 0 amide bonds. The molecule has 8 heteroatoms. The van der Waals surface area contributed by atoms with Gasteiger partial charge in [0.15, 0.2) is 0 Å². The Balaban J connectivity index is 3.37. The molecule has 0 aromatic carbocycles. The first kappa shape index (κ1) is 10.4. The minimum Gasteiger partial charge on any atom is -0.493 e. The molecular weight excluding hydrogens is 205 g/mol. The zero-order valence-corrected chi connectivity index (χ0v) is 6.83. The number of aromatic hydroxyl groups is 1. The number of hydrogen-bond acceptors (Lipinski definition) is 3. The molecule has 0 aliphatic carbocycles. The lowest BCUT2D eigenvalue weighted by Crippen LogP contribution is -2.07. The zero-order valence-electron chi connectivity index (χ0n) is 6.83. The lowest BCUT2D eigenvalue weighted by molar-refractivity contribution is -0.142. The molecule has 0 atom stereocenters. The van der Waals surface area contributed by atoms with Crippen LogP contribution in [0.15, 0.2) is 0 Å². The van der Waals surface area contributed by atoms with Crippen LogP contribution in [-0.4, -0.2) is 25.7 Å². The molecule has 0 unspecified atom stereocenters. The van der Waals surface area contributed by atoms with Crippen LogP contribution in [0.2, 0.25) is 0 Å². The summed E-state index contributed by atoms with van der Waals surface area (Å²) in [6, 6.07) is 0. The molecule has 78 valence electrons. The van der Waals surface area contributed by atoms with Gasteiger partial charge in [-0.25, -0.2) is 9.78 Å². The molecule has 1 heterocycles. The number of aromatic nitrogens is 2. The molecule has 0 saturated carbocycles.